The highest BCUT2D eigenvalue weighted by Gasteiger charge is 2.44. The fourth-order valence-electron chi connectivity index (χ4n) is 10.6. The average molecular weight is 1220 g/mol. The minimum Gasteiger partial charge on any atom is -0.394 e. The van der Waals surface area contributed by atoms with Crippen molar-refractivity contribution in [2.75, 3.05) is 13.2 Å². The van der Waals surface area contributed by atoms with Gasteiger partial charge < -0.3 is 40.3 Å². The molecule has 0 spiro atoms. The van der Waals surface area contributed by atoms with Gasteiger partial charge in [0.2, 0.25) is 5.91 Å². The highest BCUT2D eigenvalue weighted by molar-refractivity contribution is 5.76. The van der Waals surface area contributed by atoms with Crippen molar-refractivity contribution in [3.63, 3.8) is 0 Å². The SMILES string of the molecule is CC/C=C\C/C=C\C/C=C\C/C=C\C/C=C\C/C=C\C/C=C\C/C=C\C/C=C\C/C=C\C/C=C\CCCCCC(=O)NC(COC1OC(CO)C(O)C(O)C1O)C(O)/C=C/CCCCCCCCCCCCCCCCCCCCCCCCCCCC. The van der Waals surface area contributed by atoms with E-state index in [4.69, 9.17) is 9.47 Å². The number of unbranched alkanes of at least 4 members (excludes halogenated alkanes) is 29. The Bertz CT molecular complexity index is 1900. The molecule has 0 aliphatic carbocycles. The number of nitrogens with one attached hydrogen (secondary N) is 1. The monoisotopic (exact) mass is 1220 g/mol. The summed E-state index contributed by atoms with van der Waals surface area (Å²) < 4.78 is 11.3. The molecular formula is C79H133NO8. The number of aliphatic hydroxyl groups excluding tert-OH is 5. The van der Waals surface area contributed by atoms with Gasteiger partial charge in [-0.05, 0) is 103 Å². The number of carbonyl (C=O) groups excluding carboxylic acids is 1. The van der Waals surface area contributed by atoms with Crippen LogP contribution in [0.5, 0.6) is 0 Å². The first-order valence-electron chi connectivity index (χ1n) is 36.1. The van der Waals surface area contributed by atoms with E-state index in [2.05, 4.69) is 153 Å². The molecule has 1 rings (SSSR count). The molecule has 1 aliphatic rings. The molecule has 0 aromatic heterocycles. The Morgan fingerprint density at radius 2 is 0.705 bits per heavy atom. The van der Waals surface area contributed by atoms with Gasteiger partial charge in [0.25, 0.3) is 0 Å². The van der Waals surface area contributed by atoms with Crippen molar-refractivity contribution in [2.24, 2.45) is 0 Å². The van der Waals surface area contributed by atoms with Crippen molar-refractivity contribution in [1.29, 1.82) is 0 Å². The molecule has 0 radical (unpaired) electrons. The first kappa shape index (κ1) is 82.1. The van der Waals surface area contributed by atoms with Crippen LogP contribution in [0.4, 0.5) is 0 Å². The zero-order valence-corrected chi connectivity index (χ0v) is 56.2. The van der Waals surface area contributed by atoms with Crippen LogP contribution in [0.3, 0.4) is 0 Å². The molecule has 502 valence electrons. The quantitative estimate of drug-likeness (QED) is 0.0261. The highest BCUT2D eigenvalue weighted by atomic mass is 16.7. The Kier molecular flexibility index (Phi) is 61.6. The van der Waals surface area contributed by atoms with Crippen molar-refractivity contribution in [1.82, 2.24) is 5.32 Å². The normalized spacial score (nSPS) is 18.8. The molecule has 6 N–H and O–H groups in total. The number of amides is 1. The number of rotatable bonds is 61. The van der Waals surface area contributed by atoms with Gasteiger partial charge in [-0.3, -0.25) is 4.79 Å². The molecule has 0 bridgehead atoms. The number of allylic oxidation sites excluding steroid dienone is 23. The lowest BCUT2D eigenvalue weighted by atomic mass is 9.99. The standard InChI is InChI=1S/C79H133NO8/c1-3-5-7-9-11-13-15-17-19-21-23-25-27-29-31-33-34-35-36-37-38-39-40-41-43-45-47-49-51-53-55-57-59-61-63-65-67-69-75(83)80-72(71-87-79-78(86)77(85)76(84)74(70-81)88-79)73(82)68-66-64-62-60-58-56-54-52-50-48-46-44-42-32-30-28-26-24-22-20-18-16-14-12-10-8-6-4-2/h5,7,11,13,17,19,23,25,29,31,34-35,37-38,40-41,45,47,51,53,57,59,66,68,72-74,76-79,81-82,84-86H,3-4,6,8-10,12,14-16,18,20-22,24,26-28,30,32-33,36,39,42-44,46,48-50,52,54-56,58,60-65,67,69-71H2,1-2H3,(H,80,83)/b7-5-,13-11-,19-17-,25-23-,31-29-,35-34-,38-37-,41-40-,47-45-,53-51-,59-57-,68-66+. The Morgan fingerprint density at radius 3 is 1.05 bits per heavy atom. The van der Waals surface area contributed by atoms with E-state index in [1.165, 1.54) is 154 Å². The van der Waals surface area contributed by atoms with Crippen LogP contribution in [0, 0.1) is 0 Å². The second kappa shape index (κ2) is 66.0. The van der Waals surface area contributed by atoms with Gasteiger partial charge in [0.05, 0.1) is 25.4 Å². The lowest BCUT2D eigenvalue weighted by Gasteiger charge is -2.40. The molecule has 0 saturated carbocycles. The number of hydrogen-bond acceptors (Lipinski definition) is 8. The smallest absolute Gasteiger partial charge is 0.220 e. The molecular weight excluding hydrogens is 1090 g/mol. The molecule has 7 unspecified atom stereocenters. The first-order chi connectivity index (χ1) is 43.3. The van der Waals surface area contributed by atoms with Gasteiger partial charge in [0, 0.05) is 6.42 Å². The van der Waals surface area contributed by atoms with Crippen molar-refractivity contribution in [2.45, 2.75) is 333 Å². The van der Waals surface area contributed by atoms with Crippen LogP contribution in [0.1, 0.15) is 290 Å². The summed E-state index contributed by atoms with van der Waals surface area (Å²) >= 11 is 0. The van der Waals surface area contributed by atoms with Crippen LogP contribution < -0.4 is 5.32 Å². The molecule has 1 amide bonds. The number of aliphatic hydroxyl groups is 5. The summed E-state index contributed by atoms with van der Waals surface area (Å²) in [5, 5.41) is 54.8. The van der Waals surface area contributed by atoms with E-state index >= 15 is 0 Å². The van der Waals surface area contributed by atoms with Gasteiger partial charge in [-0.1, -0.05) is 327 Å². The molecule has 1 saturated heterocycles. The van der Waals surface area contributed by atoms with Crippen LogP contribution in [-0.2, 0) is 14.3 Å². The summed E-state index contributed by atoms with van der Waals surface area (Å²) in [7, 11) is 0. The largest absolute Gasteiger partial charge is 0.394 e. The Hall–Kier alpha value is -3.93. The molecule has 1 fully saturated rings. The van der Waals surface area contributed by atoms with Gasteiger partial charge in [-0.25, -0.2) is 0 Å². The zero-order chi connectivity index (χ0) is 63.5. The third-order valence-electron chi connectivity index (χ3n) is 16.2. The minimum absolute atomic E-state index is 0.210. The van der Waals surface area contributed by atoms with Crippen molar-refractivity contribution in [3.8, 4) is 0 Å². The Labute approximate surface area is 540 Å². The molecule has 9 heteroatoms. The molecule has 9 nitrogen and oxygen atoms in total. The number of hydrogen-bond donors (Lipinski definition) is 6. The maximum Gasteiger partial charge on any atom is 0.220 e. The molecule has 1 heterocycles. The zero-order valence-electron chi connectivity index (χ0n) is 56.2. The maximum atomic E-state index is 13.1. The van der Waals surface area contributed by atoms with Crippen molar-refractivity contribution in [3.05, 3.63) is 146 Å². The highest BCUT2D eigenvalue weighted by Crippen LogP contribution is 2.23. The van der Waals surface area contributed by atoms with Gasteiger partial charge in [-0.15, -0.1) is 0 Å². The van der Waals surface area contributed by atoms with E-state index in [9.17, 15) is 30.3 Å². The van der Waals surface area contributed by atoms with E-state index in [0.717, 1.165) is 109 Å². The van der Waals surface area contributed by atoms with Gasteiger partial charge in [0.15, 0.2) is 6.29 Å². The first-order valence-corrected chi connectivity index (χ1v) is 36.1. The Balaban J connectivity index is 2.20. The summed E-state index contributed by atoms with van der Waals surface area (Å²) in [6, 6.07) is -0.836. The van der Waals surface area contributed by atoms with E-state index in [1.54, 1.807) is 6.08 Å². The Morgan fingerprint density at radius 1 is 0.398 bits per heavy atom. The molecule has 88 heavy (non-hydrogen) atoms. The predicted molar refractivity (Wildman–Crippen MR) is 377 cm³/mol. The third kappa shape index (κ3) is 53.9. The van der Waals surface area contributed by atoms with Crippen LogP contribution in [0.2, 0.25) is 0 Å². The number of ether oxygens (including phenoxy) is 2. The molecule has 0 aromatic carbocycles. The van der Waals surface area contributed by atoms with Crippen LogP contribution in [-0.4, -0.2) is 87.5 Å². The van der Waals surface area contributed by atoms with Gasteiger partial charge in [-0.2, -0.15) is 0 Å². The van der Waals surface area contributed by atoms with E-state index in [1.807, 2.05) is 6.08 Å². The predicted octanol–water partition coefficient (Wildman–Crippen LogP) is 20.1. The molecule has 1 aliphatic heterocycles. The maximum absolute atomic E-state index is 13.1. The number of carbonyl (C=O) groups is 1. The fourth-order valence-corrected chi connectivity index (χ4v) is 10.6. The van der Waals surface area contributed by atoms with Gasteiger partial charge >= 0.3 is 0 Å². The van der Waals surface area contributed by atoms with E-state index < -0.39 is 49.5 Å². The minimum atomic E-state index is -1.58. The average Bonchev–Trinajstić information content (AvgIpc) is 3.29. The second-order valence-corrected chi connectivity index (χ2v) is 24.3. The summed E-state index contributed by atoms with van der Waals surface area (Å²) in [4.78, 5) is 13.1. The van der Waals surface area contributed by atoms with Crippen molar-refractivity contribution >= 4 is 5.91 Å². The van der Waals surface area contributed by atoms with Crippen LogP contribution >= 0.6 is 0 Å². The third-order valence-corrected chi connectivity index (χ3v) is 16.2. The summed E-state index contributed by atoms with van der Waals surface area (Å²) in [6.45, 7) is 3.67. The van der Waals surface area contributed by atoms with Gasteiger partial charge in [0.1, 0.15) is 24.4 Å². The molecule has 0 aromatic rings. The van der Waals surface area contributed by atoms with E-state index in [-0.39, 0.29) is 12.5 Å². The van der Waals surface area contributed by atoms with Crippen molar-refractivity contribution < 1.29 is 39.8 Å². The van der Waals surface area contributed by atoms with Crippen LogP contribution in [0.15, 0.2) is 146 Å². The second-order valence-electron chi connectivity index (χ2n) is 24.3. The lowest BCUT2D eigenvalue weighted by Crippen LogP contribution is -2.60. The summed E-state index contributed by atoms with van der Waals surface area (Å²) in [6.07, 6.45) is 95.2. The van der Waals surface area contributed by atoms with Crippen LogP contribution in [0.25, 0.3) is 0 Å². The van der Waals surface area contributed by atoms with E-state index in [0.29, 0.717) is 12.8 Å². The summed E-state index contributed by atoms with van der Waals surface area (Å²) in [5.41, 5.74) is 0. The summed E-state index contributed by atoms with van der Waals surface area (Å²) in [5.74, 6) is -0.212. The fraction of sp³-hybridized carbons (Fsp3) is 0.684. The lowest BCUT2D eigenvalue weighted by molar-refractivity contribution is -0.302. The molecule has 7 atom stereocenters. The topological polar surface area (TPSA) is 149 Å².